The van der Waals surface area contributed by atoms with Crippen LogP contribution in [0, 0.1) is 0 Å². The molecule has 1 fully saturated rings. The fourth-order valence-electron chi connectivity index (χ4n) is 1.14. The van der Waals surface area contributed by atoms with Gasteiger partial charge in [0.1, 0.15) is 0 Å². The van der Waals surface area contributed by atoms with Crippen LogP contribution < -0.4 is 16.6 Å². The predicted molar refractivity (Wildman–Crippen MR) is 55.1 cm³/mol. The van der Waals surface area contributed by atoms with Gasteiger partial charge < -0.3 is 15.9 Å². The Morgan fingerprint density at radius 3 is 2.15 bits per heavy atom. The number of halogens is 2. The SMILES string of the molecule is C[C@H]1NN[C@@H](CN)[C@H](O)[C@@H]1O.Cl.Cl. The van der Waals surface area contributed by atoms with Gasteiger partial charge in [-0.1, -0.05) is 0 Å². The van der Waals surface area contributed by atoms with Crippen LogP contribution in [0.15, 0.2) is 0 Å². The number of aliphatic hydroxyl groups excluding tert-OH is 2. The lowest BCUT2D eigenvalue weighted by atomic mass is 9.99. The Morgan fingerprint density at radius 2 is 1.69 bits per heavy atom. The molecule has 0 aliphatic carbocycles. The zero-order valence-corrected chi connectivity index (χ0v) is 8.94. The summed E-state index contributed by atoms with van der Waals surface area (Å²) in [5.74, 6) is 0. The first kappa shape index (κ1) is 15.8. The van der Waals surface area contributed by atoms with E-state index in [9.17, 15) is 10.2 Å². The van der Waals surface area contributed by atoms with Gasteiger partial charge >= 0.3 is 0 Å². The molecule has 0 saturated carbocycles. The maximum Gasteiger partial charge on any atom is 0.0993 e. The van der Waals surface area contributed by atoms with E-state index in [1.807, 2.05) is 0 Å². The lowest BCUT2D eigenvalue weighted by Gasteiger charge is -2.37. The molecule has 5 nitrogen and oxygen atoms in total. The number of nitrogens with one attached hydrogen (secondary N) is 2. The van der Waals surface area contributed by atoms with Crippen molar-refractivity contribution in [1.29, 1.82) is 0 Å². The molecule has 1 saturated heterocycles. The molecule has 0 amide bonds. The average Bonchev–Trinajstić information content (AvgIpc) is 2.01. The molecule has 6 N–H and O–H groups in total. The summed E-state index contributed by atoms with van der Waals surface area (Å²) in [4.78, 5) is 0. The zero-order valence-electron chi connectivity index (χ0n) is 7.30. The van der Waals surface area contributed by atoms with E-state index in [2.05, 4.69) is 10.9 Å². The van der Waals surface area contributed by atoms with Gasteiger partial charge in [-0.25, -0.2) is 0 Å². The van der Waals surface area contributed by atoms with Crippen molar-refractivity contribution in [2.75, 3.05) is 6.54 Å². The van der Waals surface area contributed by atoms with Gasteiger partial charge in [0.2, 0.25) is 0 Å². The van der Waals surface area contributed by atoms with Crippen LogP contribution >= 0.6 is 24.8 Å². The van der Waals surface area contributed by atoms with Crippen LogP contribution in [0.4, 0.5) is 0 Å². The highest BCUT2D eigenvalue weighted by molar-refractivity contribution is 5.85. The largest absolute Gasteiger partial charge is 0.389 e. The van der Waals surface area contributed by atoms with E-state index in [4.69, 9.17) is 5.73 Å². The second-order valence-electron chi connectivity index (χ2n) is 2.90. The summed E-state index contributed by atoms with van der Waals surface area (Å²) < 4.78 is 0. The molecule has 82 valence electrons. The Kier molecular flexibility index (Phi) is 8.26. The van der Waals surface area contributed by atoms with E-state index in [1.54, 1.807) is 6.92 Å². The van der Waals surface area contributed by atoms with E-state index in [-0.39, 0.29) is 36.9 Å². The Bertz CT molecular complexity index is 139. The van der Waals surface area contributed by atoms with Crippen LogP contribution in [0.5, 0.6) is 0 Å². The van der Waals surface area contributed by atoms with Crippen LogP contribution in [0.25, 0.3) is 0 Å². The molecule has 0 unspecified atom stereocenters. The second-order valence-corrected chi connectivity index (χ2v) is 2.90. The van der Waals surface area contributed by atoms with Crippen molar-refractivity contribution in [3.05, 3.63) is 0 Å². The number of hydrogen-bond donors (Lipinski definition) is 5. The molecule has 0 radical (unpaired) electrons. The molecule has 1 rings (SSSR count). The van der Waals surface area contributed by atoms with Crippen molar-refractivity contribution in [2.45, 2.75) is 31.2 Å². The Balaban J connectivity index is 0. The minimum atomic E-state index is -0.781. The highest BCUT2D eigenvalue weighted by Crippen LogP contribution is 2.07. The summed E-state index contributed by atoms with van der Waals surface area (Å²) in [7, 11) is 0. The first-order chi connectivity index (χ1) is 5.16. The van der Waals surface area contributed by atoms with Gasteiger partial charge in [-0.3, -0.25) is 10.9 Å². The molecule has 0 aromatic carbocycles. The maximum absolute atomic E-state index is 9.38. The molecule has 0 bridgehead atoms. The van der Waals surface area contributed by atoms with Crippen LogP contribution in [0.1, 0.15) is 6.92 Å². The quantitative estimate of drug-likeness (QED) is 0.376. The smallest absolute Gasteiger partial charge is 0.0993 e. The van der Waals surface area contributed by atoms with Crippen molar-refractivity contribution in [2.24, 2.45) is 5.73 Å². The van der Waals surface area contributed by atoms with Gasteiger partial charge in [-0.2, -0.15) is 0 Å². The zero-order chi connectivity index (χ0) is 8.43. The van der Waals surface area contributed by atoms with Gasteiger partial charge in [-0.15, -0.1) is 24.8 Å². The molecule has 0 aromatic heterocycles. The molecular formula is C6H17Cl2N3O2. The highest BCUT2D eigenvalue weighted by atomic mass is 35.5. The van der Waals surface area contributed by atoms with Crippen molar-refractivity contribution in [3.63, 3.8) is 0 Å². The predicted octanol–water partition coefficient (Wildman–Crippen LogP) is -1.62. The van der Waals surface area contributed by atoms with E-state index in [0.29, 0.717) is 6.54 Å². The molecular weight excluding hydrogens is 217 g/mol. The van der Waals surface area contributed by atoms with E-state index < -0.39 is 12.2 Å². The molecule has 0 aromatic rings. The molecule has 1 aliphatic heterocycles. The lowest BCUT2D eigenvalue weighted by Crippen LogP contribution is -2.66. The summed E-state index contributed by atoms with van der Waals surface area (Å²) in [6.07, 6.45) is -1.53. The van der Waals surface area contributed by atoms with E-state index >= 15 is 0 Å². The second kappa shape index (κ2) is 6.78. The first-order valence-electron chi connectivity index (χ1n) is 3.74. The Hall–Kier alpha value is 0.380. The van der Waals surface area contributed by atoms with E-state index in [0.717, 1.165) is 0 Å². The fourth-order valence-corrected chi connectivity index (χ4v) is 1.14. The fraction of sp³-hybridized carbons (Fsp3) is 1.00. The van der Waals surface area contributed by atoms with Crippen molar-refractivity contribution in [1.82, 2.24) is 10.9 Å². The van der Waals surface area contributed by atoms with Crippen molar-refractivity contribution in [3.8, 4) is 0 Å². The van der Waals surface area contributed by atoms with Crippen molar-refractivity contribution < 1.29 is 10.2 Å². The summed E-state index contributed by atoms with van der Waals surface area (Å²) >= 11 is 0. The van der Waals surface area contributed by atoms with Gasteiger partial charge in [0, 0.05) is 12.6 Å². The number of hydrazine groups is 1. The van der Waals surface area contributed by atoms with Crippen LogP contribution in [-0.4, -0.2) is 41.0 Å². The van der Waals surface area contributed by atoms with Crippen molar-refractivity contribution >= 4 is 24.8 Å². The minimum absolute atomic E-state index is 0. The Labute approximate surface area is 89.9 Å². The molecule has 1 aliphatic rings. The maximum atomic E-state index is 9.38. The van der Waals surface area contributed by atoms with Gasteiger partial charge in [0.25, 0.3) is 0 Å². The number of aliphatic hydroxyl groups is 2. The third-order valence-electron chi connectivity index (χ3n) is 2.02. The molecule has 4 atom stereocenters. The third kappa shape index (κ3) is 3.55. The normalized spacial score (nSPS) is 38.8. The molecule has 1 heterocycles. The molecule has 7 heteroatoms. The lowest BCUT2D eigenvalue weighted by molar-refractivity contribution is -0.0510. The first-order valence-corrected chi connectivity index (χ1v) is 3.74. The summed E-state index contributed by atoms with van der Waals surface area (Å²) in [6, 6.07) is -0.408. The summed E-state index contributed by atoms with van der Waals surface area (Å²) in [5.41, 5.74) is 11.0. The molecule has 0 spiro atoms. The number of hydrogen-bond acceptors (Lipinski definition) is 5. The van der Waals surface area contributed by atoms with Gasteiger partial charge in [0.15, 0.2) is 0 Å². The number of nitrogens with two attached hydrogens (primary N) is 1. The average molecular weight is 234 g/mol. The highest BCUT2D eigenvalue weighted by Gasteiger charge is 2.33. The molecule has 13 heavy (non-hydrogen) atoms. The third-order valence-corrected chi connectivity index (χ3v) is 2.02. The monoisotopic (exact) mass is 233 g/mol. The minimum Gasteiger partial charge on any atom is -0.389 e. The standard InChI is InChI=1S/C6H15N3O2.2ClH/c1-3-5(10)6(11)4(2-7)9-8-3;;/h3-6,8-11H,2,7H2,1H3;2*1H/t3-,4+,5-,6+;;/m1../s1. The van der Waals surface area contributed by atoms with Gasteiger partial charge in [-0.05, 0) is 6.92 Å². The van der Waals surface area contributed by atoms with Crippen LogP contribution in [-0.2, 0) is 0 Å². The van der Waals surface area contributed by atoms with Gasteiger partial charge in [0.05, 0.1) is 18.2 Å². The van der Waals surface area contributed by atoms with Crippen LogP contribution in [0.3, 0.4) is 0 Å². The summed E-state index contributed by atoms with van der Waals surface area (Å²) in [6.45, 7) is 2.09. The van der Waals surface area contributed by atoms with E-state index in [1.165, 1.54) is 0 Å². The Morgan fingerprint density at radius 1 is 1.15 bits per heavy atom. The topological polar surface area (TPSA) is 90.5 Å². The summed E-state index contributed by atoms with van der Waals surface area (Å²) in [5, 5.41) is 18.7. The van der Waals surface area contributed by atoms with Crippen LogP contribution in [0.2, 0.25) is 0 Å². The number of rotatable bonds is 1.